The maximum absolute atomic E-state index is 12.7. The van der Waals surface area contributed by atoms with Crippen LogP contribution in [-0.2, 0) is 27.5 Å². The molecule has 5 nitrogen and oxygen atoms in total. The molecule has 31 heavy (non-hydrogen) atoms. The van der Waals surface area contributed by atoms with E-state index < -0.39 is 17.7 Å². The molecule has 0 fully saturated rings. The lowest BCUT2D eigenvalue weighted by Gasteiger charge is -2.24. The molecule has 1 unspecified atom stereocenters. The van der Waals surface area contributed by atoms with Gasteiger partial charge in [-0.15, -0.1) is 0 Å². The molecule has 5 heteroatoms. The summed E-state index contributed by atoms with van der Waals surface area (Å²) < 4.78 is 11.0. The molecule has 0 saturated heterocycles. The van der Waals surface area contributed by atoms with Gasteiger partial charge < -0.3 is 14.4 Å². The van der Waals surface area contributed by atoms with Gasteiger partial charge in [-0.2, -0.15) is 0 Å². The van der Waals surface area contributed by atoms with Crippen molar-refractivity contribution >= 4 is 17.4 Å². The lowest BCUT2D eigenvalue weighted by atomic mass is 9.93. The molecular weight excluding hydrogens is 390 g/mol. The summed E-state index contributed by atoms with van der Waals surface area (Å²) in [6, 6.07) is 23.8. The summed E-state index contributed by atoms with van der Waals surface area (Å²) in [6.07, 6.45) is 1.41. The molecule has 1 atom stereocenters. The zero-order valence-electron chi connectivity index (χ0n) is 17.1. The number of cyclic esters (lactones) is 1. The van der Waals surface area contributed by atoms with E-state index in [4.69, 9.17) is 9.47 Å². The van der Waals surface area contributed by atoms with Gasteiger partial charge in [0.2, 0.25) is 0 Å². The first-order valence-corrected chi connectivity index (χ1v) is 10.2. The number of ketones is 1. The van der Waals surface area contributed by atoms with Gasteiger partial charge >= 0.3 is 5.97 Å². The van der Waals surface area contributed by atoms with Gasteiger partial charge in [-0.1, -0.05) is 60.2 Å². The highest BCUT2D eigenvalue weighted by Crippen LogP contribution is 2.47. The second kappa shape index (κ2) is 7.76. The third-order valence-corrected chi connectivity index (χ3v) is 5.67. The average Bonchev–Trinajstić information content (AvgIpc) is 3.10. The first kappa shape index (κ1) is 19.1. The Labute approximate surface area is 180 Å². The zero-order chi connectivity index (χ0) is 21.4. The van der Waals surface area contributed by atoms with Gasteiger partial charge in [-0.25, -0.2) is 4.79 Å². The number of rotatable bonds is 5. The SMILES string of the molecule is Cc1ccc(CN2C3=COC(=O)C(=O)C3c3cc(OCc4ccccc4)ccc32)cc1. The smallest absolute Gasteiger partial charge is 0.380 e. The number of fused-ring (bicyclic) bond motifs is 3. The number of benzene rings is 3. The second-order valence-corrected chi connectivity index (χ2v) is 7.81. The van der Waals surface area contributed by atoms with Crippen molar-refractivity contribution in [2.75, 3.05) is 4.90 Å². The number of carbonyl (C=O) groups is 2. The van der Waals surface area contributed by atoms with Crippen molar-refractivity contribution in [1.29, 1.82) is 0 Å². The fraction of sp³-hybridized carbons (Fsp3) is 0.154. The fourth-order valence-electron chi connectivity index (χ4n) is 4.04. The normalized spacial score (nSPS) is 17.0. The minimum absolute atomic E-state index is 0.427. The summed E-state index contributed by atoms with van der Waals surface area (Å²) in [5, 5.41) is 0. The standard InChI is InChI=1S/C26H21NO4/c1-17-7-9-18(10-8-17)14-27-22-12-11-20(30-15-19-5-3-2-4-6-19)13-21(22)24-23(27)16-31-26(29)25(24)28/h2-13,16,24H,14-15H2,1H3. The summed E-state index contributed by atoms with van der Waals surface area (Å²) in [6.45, 7) is 3.05. The number of ether oxygens (including phenoxy) is 2. The van der Waals surface area contributed by atoms with E-state index in [1.165, 1.54) is 11.8 Å². The number of Topliss-reactive ketones (excluding diaryl/α,β-unsaturated/α-hetero) is 1. The van der Waals surface area contributed by atoms with Crippen molar-refractivity contribution in [2.45, 2.75) is 26.0 Å². The highest BCUT2D eigenvalue weighted by molar-refractivity contribution is 6.38. The molecule has 2 heterocycles. The molecule has 3 aromatic carbocycles. The Morgan fingerprint density at radius 3 is 2.48 bits per heavy atom. The first-order chi connectivity index (χ1) is 15.1. The molecule has 0 aliphatic carbocycles. The summed E-state index contributed by atoms with van der Waals surface area (Å²) in [7, 11) is 0. The van der Waals surface area contributed by atoms with Crippen LogP contribution >= 0.6 is 0 Å². The minimum atomic E-state index is -0.826. The second-order valence-electron chi connectivity index (χ2n) is 7.81. The van der Waals surface area contributed by atoms with E-state index in [0.29, 0.717) is 24.6 Å². The molecule has 0 amide bonds. The topological polar surface area (TPSA) is 55.8 Å². The molecule has 0 spiro atoms. The highest BCUT2D eigenvalue weighted by atomic mass is 16.5. The van der Waals surface area contributed by atoms with Gasteiger partial charge in [0.1, 0.15) is 18.6 Å². The molecule has 3 aromatic rings. The molecule has 0 bridgehead atoms. The number of nitrogens with zero attached hydrogens (tertiary/aromatic N) is 1. The predicted octanol–water partition coefficient (Wildman–Crippen LogP) is 4.65. The third kappa shape index (κ3) is 3.59. The van der Waals surface area contributed by atoms with Crippen LogP contribution in [0.1, 0.15) is 28.2 Å². The quantitative estimate of drug-likeness (QED) is 0.452. The Morgan fingerprint density at radius 1 is 0.935 bits per heavy atom. The van der Waals surface area contributed by atoms with Crippen LogP contribution in [0.3, 0.4) is 0 Å². The van der Waals surface area contributed by atoms with Crippen molar-refractivity contribution < 1.29 is 19.1 Å². The molecule has 2 aliphatic heterocycles. The highest BCUT2D eigenvalue weighted by Gasteiger charge is 2.44. The van der Waals surface area contributed by atoms with E-state index in [2.05, 4.69) is 24.3 Å². The Kier molecular flexibility index (Phi) is 4.79. The lowest BCUT2D eigenvalue weighted by molar-refractivity contribution is -0.151. The van der Waals surface area contributed by atoms with Crippen molar-refractivity contribution in [1.82, 2.24) is 0 Å². The van der Waals surface area contributed by atoms with E-state index in [0.717, 1.165) is 22.4 Å². The van der Waals surface area contributed by atoms with Crippen LogP contribution in [-0.4, -0.2) is 11.8 Å². The number of allylic oxidation sites excluding steroid dienone is 1. The monoisotopic (exact) mass is 411 g/mol. The number of anilines is 1. The lowest BCUT2D eigenvalue weighted by Crippen LogP contribution is -2.31. The number of hydrogen-bond acceptors (Lipinski definition) is 5. The van der Waals surface area contributed by atoms with E-state index in [1.54, 1.807) is 0 Å². The summed E-state index contributed by atoms with van der Waals surface area (Å²) >= 11 is 0. The Bertz CT molecular complexity index is 1180. The maximum atomic E-state index is 12.7. The van der Waals surface area contributed by atoms with Crippen LogP contribution < -0.4 is 9.64 Å². The predicted molar refractivity (Wildman–Crippen MR) is 117 cm³/mol. The van der Waals surface area contributed by atoms with Crippen LogP contribution in [0.15, 0.2) is 84.8 Å². The largest absolute Gasteiger partial charge is 0.489 e. The van der Waals surface area contributed by atoms with E-state index in [-0.39, 0.29) is 0 Å². The summed E-state index contributed by atoms with van der Waals surface area (Å²) in [4.78, 5) is 26.7. The number of aryl methyl sites for hydroxylation is 1. The molecular formula is C26H21NO4. The van der Waals surface area contributed by atoms with E-state index in [1.807, 2.05) is 60.4 Å². The van der Waals surface area contributed by atoms with Gasteiger partial charge in [0.05, 0.1) is 11.6 Å². The van der Waals surface area contributed by atoms with Crippen LogP contribution in [0.2, 0.25) is 0 Å². The van der Waals surface area contributed by atoms with Gasteiger partial charge in [-0.05, 0) is 41.8 Å². The number of esters is 1. The molecule has 0 aromatic heterocycles. The molecule has 2 aliphatic rings. The third-order valence-electron chi connectivity index (χ3n) is 5.67. The first-order valence-electron chi connectivity index (χ1n) is 10.2. The van der Waals surface area contributed by atoms with Crippen molar-refractivity contribution in [3.8, 4) is 5.75 Å². The van der Waals surface area contributed by atoms with Gasteiger partial charge in [0.25, 0.3) is 5.78 Å². The van der Waals surface area contributed by atoms with Crippen molar-refractivity contribution in [3.63, 3.8) is 0 Å². The Balaban J connectivity index is 1.48. The van der Waals surface area contributed by atoms with Gasteiger partial charge in [0.15, 0.2) is 0 Å². The maximum Gasteiger partial charge on any atom is 0.380 e. The zero-order valence-corrected chi connectivity index (χ0v) is 17.1. The van der Waals surface area contributed by atoms with Gasteiger partial charge in [-0.3, -0.25) is 4.79 Å². The molecule has 5 rings (SSSR count). The van der Waals surface area contributed by atoms with Crippen LogP contribution in [0.4, 0.5) is 5.69 Å². The molecule has 154 valence electrons. The Hall–Kier alpha value is -3.86. The molecule has 0 N–H and O–H groups in total. The molecule has 0 radical (unpaired) electrons. The van der Waals surface area contributed by atoms with Crippen LogP contribution in [0.25, 0.3) is 0 Å². The van der Waals surface area contributed by atoms with Crippen molar-refractivity contribution in [2.24, 2.45) is 0 Å². The number of hydrogen-bond donors (Lipinski definition) is 0. The van der Waals surface area contributed by atoms with E-state index in [9.17, 15) is 9.59 Å². The average molecular weight is 411 g/mol. The summed E-state index contributed by atoms with van der Waals surface area (Å²) in [5.74, 6) is -1.38. The summed E-state index contributed by atoms with van der Waals surface area (Å²) in [5.41, 5.74) is 5.68. The van der Waals surface area contributed by atoms with E-state index >= 15 is 0 Å². The number of carbonyl (C=O) groups excluding carboxylic acids is 2. The van der Waals surface area contributed by atoms with Crippen LogP contribution in [0.5, 0.6) is 5.75 Å². The molecule has 0 saturated carbocycles. The van der Waals surface area contributed by atoms with Crippen LogP contribution in [0, 0.1) is 6.92 Å². The Morgan fingerprint density at radius 2 is 1.71 bits per heavy atom. The minimum Gasteiger partial charge on any atom is -0.489 e. The van der Waals surface area contributed by atoms with Crippen molar-refractivity contribution in [3.05, 3.63) is 107 Å². The fourth-order valence-corrected chi connectivity index (χ4v) is 4.04. The van der Waals surface area contributed by atoms with Gasteiger partial charge in [0, 0.05) is 12.2 Å².